The van der Waals surface area contributed by atoms with E-state index >= 15 is 0 Å². The Hall–Kier alpha value is -0.350. The third-order valence-electron chi connectivity index (χ3n) is 1.96. The molecule has 0 aromatic rings. The Balaban J connectivity index is 3.47. The van der Waals surface area contributed by atoms with Crippen molar-refractivity contribution in [2.24, 2.45) is 5.92 Å². The highest BCUT2D eigenvalue weighted by atomic mass is 32.2. The maximum Gasteiger partial charge on any atom is 0.264 e. The van der Waals surface area contributed by atoms with Gasteiger partial charge in [0.05, 0.1) is 5.75 Å². The van der Waals surface area contributed by atoms with Gasteiger partial charge in [0.25, 0.3) is 10.1 Å². The van der Waals surface area contributed by atoms with Gasteiger partial charge in [-0.1, -0.05) is 13.0 Å². The molecular formula is C9H18O3S. The lowest BCUT2D eigenvalue weighted by Crippen LogP contribution is -2.05. The number of hydrogen-bond donors (Lipinski definition) is 1. The van der Waals surface area contributed by atoms with Gasteiger partial charge in [-0.15, -0.1) is 6.58 Å². The summed E-state index contributed by atoms with van der Waals surface area (Å²) in [7, 11) is -3.76. The number of hydrogen-bond acceptors (Lipinski definition) is 2. The van der Waals surface area contributed by atoms with Crippen LogP contribution in [0.15, 0.2) is 12.7 Å². The molecule has 0 aliphatic rings. The molecule has 0 amide bonds. The van der Waals surface area contributed by atoms with E-state index in [1.165, 1.54) is 0 Å². The highest BCUT2D eigenvalue weighted by molar-refractivity contribution is 7.85. The summed E-state index contributed by atoms with van der Waals surface area (Å²) in [5.41, 5.74) is 0. The lowest BCUT2D eigenvalue weighted by atomic mass is 10.0. The highest BCUT2D eigenvalue weighted by Gasteiger charge is 2.06. The molecular weight excluding hydrogens is 188 g/mol. The molecule has 4 heteroatoms. The molecule has 0 saturated carbocycles. The van der Waals surface area contributed by atoms with Crippen molar-refractivity contribution in [1.82, 2.24) is 0 Å². The molecule has 0 heterocycles. The molecule has 0 spiro atoms. The Morgan fingerprint density at radius 1 is 1.46 bits per heavy atom. The van der Waals surface area contributed by atoms with Crippen LogP contribution in [0.4, 0.5) is 0 Å². The van der Waals surface area contributed by atoms with Crippen LogP contribution in [0.25, 0.3) is 0 Å². The van der Waals surface area contributed by atoms with E-state index < -0.39 is 10.1 Å². The largest absolute Gasteiger partial charge is 0.286 e. The fraction of sp³-hybridized carbons (Fsp3) is 0.778. The van der Waals surface area contributed by atoms with Crippen molar-refractivity contribution in [3.63, 3.8) is 0 Å². The van der Waals surface area contributed by atoms with Crippen LogP contribution in [0, 0.1) is 5.92 Å². The second-order valence-corrected chi connectivity index (χ2v) is 4.97. The second kappa shape index (κ2) is 6.16. The number of rotatable bonds is 7. The minimum atomic E-state index is -3.76. The predicted molar refractivity (Wildman–Crippen MR) is 54.2 cm³/mol. The van der Waals surface area contributed by atoms with Crippen molar-refractivity contribution in [1.29, 1.82) is 0 Å². The zero-order valence-corrected chi connectivity index (χ0v) is 8.89. The molecule has 0 saturated heterocycles. The molecule has 0 fully saturated rings. The van der Waals surface area contributed by atoms with Crippen LogP contribution in [0.5, 0.6) is 0 Å². The summed E-state index contributed by atoms with van der Waals surface area (Å²) in [4.78, 5) is 0. The van der Waals surface area contributed by atoms with Gasteiger partial charge in [0.2, 0.25) is 0 Å². The summed E-state index contributed by atoms with van der Waals surface area (Å²) in [6.45, 7) is 5.69. The molecule has 0 aliphatic carbocycles. The first-order valence-corrected chi connectivity index (χ1v) is 6.12. The minimum absolute atomic E-state index is 0.120. The van der Waals surface area contributed by atoms with Crippen molar-refractivity contribution in [3.8, 4) is 0 Å². The third kappa shape index (κ3) is 9.56. The van der Waals surface area contributed by atoms with E-state index in [1.807, 2.05) is 6.08 Å². The van der Waals surface area contributed by atoms with Crippen LogP contribution < -0.4 is 0 Å². The summed E-state index contributed by atoms with van der Waals surface area (Å²) in [6.07, 6.45) is 5.24. The van der Waals surface area contributed by atoms with Gasteiger partial charge < -0.3 is 0 Å². The molecule has 78 valence electrons. The van der Waals surface area contributed by atoms with Crippen molar-refractivity contribution in [2.45, 2.75) is 32.6 Å². The first kappa shape index (κ1) is 12.7. The van der Waals surface area contributed by atoms with Gasteiger partial charge in [0, 0.05) is 0 Å². The smallest absolute Gasteiger partial charge is 0.264 e. The zero-order chi connectivity index (χ0) is 10.3. The van der Waals surface area contributed by atoms with E-state index in [0.717, 1.165) is 19.3 Å². The zero-order valence-electron chi connectivity index (χ0n) is 8.07. The molecule has 1 N–H and O–H groups in total. The van der Waals surface area contributed by atoms with Gasteiger partial charge in [-0.05, 0) is 31.6 Å². The number of allylic oxidation sites excluding steroid dienone is 1. The molecule has 0 aliphatic heterocycles. The Labute approximate surface area is 80.6 Å². The minimum Gasteiger partial charge on any atom is -0.286 e. The summed E-state index contributed by atoms with van der Waals surface area (Å²) >= 11 is 0. The van der Waals surface area contributed by atoms with E-state index in [4.69, 9.17) is 4.55 Å². The van der Waals surface area contributed by atoms with Crippen LogP contribution >= 0.6 is 0 Å². The molecule has 13 heavy (non-hydrogen) atoms. The molecule has 0 aromatic carbocycles. The van der Waals surface area contributed by atoms with E-state index in [-0.39, 0.29) is 5.75 Å². The Morgan fingerprint density at radius 3 is 2.54 bits per heavy atom. The molecule has 3 nitrogen and oxygen atoms in total. The summed E-state index contributed by atoms with van der Waals surface area (Å²) in [5.74, 6) is 0.380. The van der Waals surface area contributed by atoms with Crippen LogP contribution in [0.3, 0.4) is 0 Å². The Kier molecular flexibility index (Phi) is 5.99. The van der Waals surface area contributed by atoms with Crippen LogP contribution in [0.1, 0.15) is 32.6 Å². The van der Waals surface area contributed by atoms with Gasteiger partial charge in [-0.2, -0.15) is 8.42 Å². The van der Waals surface area contributed by atoms with Crippen molar-refractivity contribution in [3.05, 3.63) is 12.7 Å². The highest BCUT2D eigenvalue weighted by Crippen LogP contribution is 2.13. The van der Waals surface area contributed by atoms with E-state index in [2.05, 4.69) is 13.5 Å². The summed E-state index contributed by atoms with van der Waals surface area (Å²) in [6, 6.07) is 0. The van der Waals surface area contributed by atoms with Crippen LogP contribution in [-0.2, 0) is 10.1 Å². The maximum absolute atomic E-state index is 10.4. The average molecular weight is 206 g/mol. The molecule has 0 bridgehead atoms. The topological polar surface area (TPSA) is 54.4 Å². The van der Waals surface area contributed by atoms with E-state index in [1.54, 1.807) is 0 Å². The van der Waals surface area contributed by atoms with Gasteiger partial charge >= 0.3 is 0 Å². The fourth-order valence-corrected chi connectivity index (χ4v) is 1.69. The first-order valence-electron chi connectivity index (χ1n) is 4.51. The van der Waals surface area contributed by atoms with Crippen LogP contribution in [0.2, 0.25) is 0 Å². The quantitative estimate of drug-likeness (QED) is 0.513. The SMILES string of the molecule is C=CCCC(C)CCCS(=O)(=O)O. The molecule has 0 radical (unpaired) electrons. The van der Waals surface area contributed by atoms with Crippen molar-refractivity contribution < 1.29 is 13.0 Å². The maximum atomic E-state index is 10.4. The lowest BCUT2D eigenvalue weighted by Gasteiger charge is -2.08. The lowest BCUT2D eigenvalue weighted by molar-refractivity contribution is 0.462. The van der Waals surface area contributed by atoms with E-state index in [9.17, 15) is 8.42 Å². The van der Waals surface area contributed by atoms with Gasteiger partial charge in [-0.3, -0.25) is 4.55 Å². The van der Waals surface area contributed by atoms with Crippen LogP contribution in [-0.4, -0.2) is 18.7 Å². The third-order valence-corrected chi connectivity index (χ3v) is 2.77. The molecule has 0 rings (SSSR count). The Bertz CT molecular complexity index is 231. The van der Waals surface area contributed by atoms with E-state index in [0.29, 0.717) is 12.3 Å². The molecule has 0 aromatic heterocycles. The molecule has 1 unspecified atom stereocenters. The van der Waals surface area contributed by atoms with Crippen molar-refractivity contribution >= 4 is 10.1 Å². The summed E-state index contributed by atoms with van der Waals surface area (Å²) < 4.78 is 29.2. The standard InChI is InChI=1S/C9H18O3S/c1-3-4-6-9(2)7-5-8-13(10,11)12/h3,9H,1,4-8H2,2H3,(H,10,11,12). The second-order valence-electron chi connectivity index (χ2n) is 3.40. The van der Waals surface area contributed by atoms with Gasteiger partial charge in [0.15, 0.2) is 0 Å². The van der Waals surface area contributed by atoms with Crippen molar-refractivity contribution in [2.75, 3.05) is 5.75 Å². The predicted octanol–water partition coefficient (Wildman–Crippen LogP) is 2.26. The van der Waals surface area contributed by atoms with Gasteiger partial charge in [0.1, 0.15) is 0 Å². The molecule has 1 atom stereocenters. The fourth-order valence-electron chi connectivity index (χ4n) is 1.16. The monoisotopic (exact) mass is 206 g/mol. The Morgan fingerprint density at radius 2 is 2.08 bits per heavy atom. The first-order chi connectivity index (χ1) is 5.95. The average Bonchev–Trinajstić information content (AvgIpc) is 1.98. The normalized spacial score (nSPS) is 14.0. The van der Waals surface area contributed by atoms with Gasteiger partial charge in [-0.25, -0.2) is 0 Å². The summed E-state index contributed by atoms with van der Waals surface area (Å²) in [5, 5.41) is 0.